The van der Waals surface area contributed by atoms with E-state index in [2.05, 4.69) is 4.74 Å². The molecular formula is C6H4F6O2. The molecule has 0 N–H and O–H groups in total. The highest BCUT2D eigenvalue weighted by atomic mass is 19.4. The summed E-state index contributed by atoms with van der Waals surface area (Å²) in [4.78, 5) is 10.3. The Morgan fingerprint density at radius 3 is 1.57 bits per heavy atom. The molecule has 1 aliphatic rings. The summed E-state index contributed by atoms with van der Waals surface area (Å²) in [5, 5.41) is 0. The minimum atomic E-state index is -5.64. The summed E-state index contributed by atoms with van der Waals surface area (Å²) in [6, 6.07) is 0. The zero-order valence-corrected chi connectivity index (χ0v) is 6.66. The van der Waals surface area contributed by atoms with Crippen LogP contribution in [0.5, 0.6) is 0 Å². The molecule has 14 heavy (non-hydrogen) atoms. The van der Waals surface area contributed by atoms with Crippen LogP contribution in [0.15, 0.2) is 0 Å². The van der Waals surface area contributed by atoms with E-state index in [0.29, 0.717) is 6.92 Å². The van der Waals surface area contributed by atoms with Gasteiger partial charge in [-0.05, 0) is 6.92 Å². The average Bonchev–Trinajstić information content (AvgIpc) is 1.93. The maximum atomic E-state index is 12.1. The average molecular weight is 222 g/mol. The molecule has 2 nitrogen and oxygen atoms in total. The lowest BCUT2D eigenvalue weighted by atomic mass is 9.82. The number of rotatable bonds is 0. The van der Waals surface area contributed by atoms with E-state index in [1.807, 2.05) is 0 Å². The smallest absolute Gasteiger partial charge is 0.438 e. The van der Waals surface area contributed by atoms with Crippen molar-refractivity contribution in [3.63, 3.8) is 0 Å². The highest BCUT2D eigenvalue weighted by molar-refractivity contribution is 5.80. The summed E-state index contributed by atoms with van der Waals surface area (Å²) >= 11 is 0. The molecular weight excluding hydrogens is 218 g/mol. The van der Waals surface area contributed by atoms with E-state index in [4.69, 9.17) is 0 Å². The van der Waals surface area contributed by atoms with Gasteiger partial charge in [0.1, 0.15) is 5.92 Å². The Kier molecular flexibility index (Phi) is 2.02. The zero-order valence-electron chi connectivity index (χ0n) is 6.66. The number of esters is 1. The lowest BCUT2D eigenvalue weighted by Gasteiger charge is -2.46. The van der Waals surface area contributed by atoms with Gasteiger partial charge in [0.05, 0.1) is 0 Å². The minimum absolute atomic E-state index is 0.535. The normalized spacial score (nSPS) is 26.8. The van der Waals surface area contributed by atoms with Crippen molar-refractivity contribution in [3.05, 3.63) is 0 Å². The van der Waals surface area contributed by atoms with Gasteiger partial charge in [0.2, 0.25) is 0 Å². The Labute approximate surface area is 73.8 Å². The maximum absolute atomic E-state index is 12.1. The number of ether oxygens (including phenoxy) is 1. The second-order valence-electron chi connectivity index (χ2n) is 2.87. The van der Waals surface area contributed by atoms with Crippen molar-refractivity contribution in [2.45, 2.75) is 24.9 Å². The molecule has 0 aromatic rings. The number of carbonyl (C=O) groups is 1. The van der Waals surface area contributed by atoms with E-state index in [0.717, 1.165) is 0 Å². The van der Waals surface area contributed by atoms with Gasteiger partial charge in [-0.1, -0.05) is 0 Å². The van der Waals surface area contributed by atoms with Gasteiger partial charge in [-0.2, -0.15) is 26.3 Å². The molecule has 0 radical (unpaired) electrons. The van der Waals surface area contributed by atoms with Crippen LogP contribution in [-0.4, -0.2) is 23.9 Å². The number of hydrogen-bond acceptors (Lipinski definition) is 2. The van der Waals surface area contributed by atoms with Crippen LogP contribution in [0.2, 0.25) is 0 Å². The molecule has 1 saturated heterocycles. The molecule has 1 unspecified atom stereocenters. The van der Waals surface area contributed by atoms with E-state index >= 15 is 0 Å². The molecule has 82 valence electrons. The molecule has 0 aliphatic carbocycles. The molecule has 1 aliphatic heterocycles. The number of halogens is 6. The van der Waals surface area contributed by atoms with Crippen LogP contribution in [0, 0.1) is 5.92 Å². The van der Waals surface area contributed by atoms with Crippen molar-refractivity contribution in [1.82, 2.24) is 0 Å². The van der Waals surface area contributed by atoms with Crippen molar-refractivity contribution in [2.24, 2.45) is 5.92 Å². The van der Waals surface area contributed by atoms with Crippen LogP contribution < -0.4 is 0 Å². The van der Waals surface area contributed by atoms with Crippen LogP contribution in [-0.2, 0) is 9.53 Å². The Morgan fingerprint density at radius 2 is 1.50 bits per heavy atom. The first kappa shape index (κ1) is 11.1. The van der Waals surface area contributed by atoms with Gasteiger partial charge >= 0.3 is 23.9 Å². The summed E-state index contributed by atoms with van der Waals surface area (Å²) in [6.07, 6.45) is -11.3. The number of carbonyl (C=O) groups excluding carboxylic acids is 1. The predicted molar refractivity (Wildman–Crippen MR) is 30.1 cm³/mol. The summed E-state index contributed by atoms with van der Waals surface area (Å²) in [5.74, 6) is -3.75. The van der Waals surface area contributed by atoms with Crippen LogP contribution in [0.25, 0.3) is 0 Å². The summed E-state index contributed by atoms with van der Waals surface area (Å²) in [5.41, 5.74) is -4.32. The fraction of sp³-hybridized carbons (Fsp3) is 0.833. The maximum Gasteiger partial charge on any atom is 0.438 e. The number of cyclic esters (lactones) is 1. The predicted octanol–water partition coefficient (Wildman–Crippen LogP) is 2.04. The van der Waals surface area contributed by atoms with E-state index in [1.54, 1.807) is 0 Å². The summed E-state index contributed by atoms with van der Waals surface area (Å²) in [6.45, 7) is 0.535. The Hall–Kier alpha value is -0.950. The Balaban J connectivity index is 3.14. The molecule has 0 aromatic carbocycles. The second kappa shape index (κ2) is 2.54. The molecule has 1 rings (SSSR count). The number of alkyl halides is 6. The van der Waals surface area contributed by atoms with E-state index in [9.17, 15) is 31.1 Å². The zero-order chi connectivity index (χ0) is 11.4. The van der Waals surface area contributed by atoms with Gasteiger partial charge in [-0.25, -0.2) is 0 Å². The quantitative estimate of drug-likeness (QED) is 0.463. The monoisotopic (exact) mass is 222 g/mol. The van der Waals surface area contributed by atoms with Gasteiger partial charge in [0, 0.05) is 0 Å². The van der Waals surface area contributed by atoms with Crippen LogP contribution in [0.3, 0.4) is 0 Å². The summed E-state index contributed by atoms with van der Waals surface area (Å²) < 4.78 is 75.7. The minimum Gasteiger partial charge on any atom is -0.438 e. The molecule has 1 atom stereocenters. The van der Waals surface area contributed by atoms with Gasteiger partial charge in [0.15, 0.2) is 0 Å². The van der Waals surface area contributed by atoms with E-state index < -0.39 is 29.8 Å². The first-order chi connectivity index (χ1) is 6.04. The van der Waals surface area contributed by atoms with Gasteiger partial charge in [-0.15, -0.1) is 0 Å². The Bertz CT molecular complexity index is 250. The molecule has 0 spiro atoms. The van der Waals surface area contributed by atoms with Gasteiger partial charge in [-0.3, -0.25) is 4.79 Å². The molecule has 1 fully saturated rings. The first-order valence-electron chi connectivity index (χ1n) is 3.40. The van der Waals surface area contributed by atoms with Gasteiger partial charge < -0.3 is 4.74 Å². The third kappa shape index (κ3) is 1.09. The highest BCUT2D eigenvalue weighted by Gasteiger charge is 2.83. The van der Waals surface area contributed by atoms with Crippen molar-refractivity contribution < 1.29 is 35.9 Å². The highest BCUT2D eigenvalue weighted by Crippen LogP contribution is 2.55. The topological polar surface area (TPSA) is 26.3 Å². The van der Waals surface area contributed by atoms with Gasteiger partial charge in [0.25, 0.3) is 0 Å². The molecule has 8 heteroatoms. The van der Waals surface area contributed by atoms with Crippen molar-refractivity contribution in [1.29, 1.82) is 0 Å². The van der Waals surface area contributed by atoms with Crippen molar-refractivity contribution in [3.8, 4) is 0 Å². The fourth-order valence-corrected chi connectivity index (χ4v) is 1.21. The van der Waals surface area contributed by atoms with E-state index in [-0.39, 0.29) is 0 Å². The number of hydrogen-bond donors (Lipinski definition) is 0. The van der Waals surface area contributed by atoms with Crippen molar-refractivity contribution >= 4 is 5.97 Å². The van der Waals surface area contributed by atoms with Crippen LogP contribution in [0.1, 0.15) is 6.92 Å². The molecule has 0 aromatic heterocycles. The third-order valence-electron chi connectivity index (χ3n) is 2.07. The van der Waals surface area contributed by atoms with E-state index in [1.165, 1.54) is 0 Å². The summed E-state index contributed by atoms with van der Waals surface area (Å²) in [7, 11) is 0. The van der Waals surface area contributed by atoms with Crippen LogP contribution >= 0.6 is 0 Å². The fourth-order valence-electron chi connectivity index (χ4n) is 1.21. The molecule has 0 amide bonds. The molecule has 0 bridgehead atoms. The second-order valence-corrected chi connectivity index (χ2v) is 2.87. The standard InChI is InChI=1S/C6H4F6O2/c1-2-3(13)14-4(2,5(7,8)9)6(10,11)12/h2H,1H3. The first-order valence-corrected chi connectivity index (χ1v) is 3.40. The Morgan fingerprint density at radius 1 is 1.14 bits per heavy atom. The lowest BCUT2D eigenvalue weighted by Crippen LogP contribution is -2.72. The largest absolute Gasteiger partial charge is 0.438 e. The molecule has 0 saturated carbocycles. The molecule has 1 heterocycles. The SMILES string of the molecule is CC1C(=O)OC1(C(F)(F)F)C(F)(F)F. The lowest BCUT2D eigenvalue weighted by molar-refractivity contribution is -0.410. The third-order valence-corrected chi connectivity index (χ3v) is 2.07. The van der Waals surface area contributed by atoms with Crippen LogP contribution in [0.4, 0.5) is 26.3 Å². The van der Waals surface area contributed by atoms with Crippen molar-refractivity contribution in [2.75, 3.05) is 0 Å².